The highest BCUT2D eigenvalue weighted by molar-refractivity contribution is 7.19. The molecule has 0 atom stereocenters. The number of carbonyl (C=O) groups excluding carboxylic acids is 1. The van der Waals surface area contributed by atoms with E-state index < -0.39 is 11.5 Å². The maximum absolute atomic E-state index is 13.5. The molecule has 0 aliphatic heterocycles. The van der Waals surface area contributed by atoms with Gasteiger partial charge in [-0.15, -0.1) is 11.3 Å². The lowest BCUT2D eigenvalue weighted by Gasteiger charge is -2.19. The summed E-state index contributed by atoms with van der Waals surface area (Å²) in [7, 11) is 8.40. The van der Waals surface area contributed by atoms with E-state index in [9.17, 15) is 9.59 Å². The number of benzene rings is 1. The van der Waals surface area contributed by atoms with Crippen LogP contribution in [-0.4, -0.2) is 46.0 Å². The molecule has 0 radical (unpaired) electrons. The lowest BCUT2D eigenvalue weighted by atomic mass is 10.0. The summed E-state index contributed by atoms with van der Waals surface area (Å²) >= 11 is 1.59. The smallest absolute Gasteiger partial charge is 0.343 e. The second-order valence-corrected chi connectivity index (χ2v) is 8.44. The van der Waals surface area contributed by atoms with Crippen molar-refractivity contribution in [1.82, 2.24) is 4.57 Å². The highest BCUT2D eigenvalue weighted by Gasteiger charge is 2.22. The minimum absolute atomic E-state index is 0.0185. The molecule has 0 amide bonds. The fourth-order valence-electron chi connectivity index (χ4n) is 3.54. The van der Waals surface area contributed by atoms with Crippen LogP contribution in [0.3, 0.4) is 0 Å². The molecule has 0 bridgehead atoms. The molecule has 0 aliphatic carbocycles. The van der Waals surface area contributed by atoms with Crippen molar-refractivity contribution in [3.63, 3.8) is 0 Å². The predicted molar refractivity (Wildman–Crippen MR) is 128 cm³/mol. The summed E-state index contributed by atoms with van der Waals surface area (Å²) in [5, 5.41) is 1.07. The van der Waals surface area contributed by atoms with Gasteiger partial charge in [0.05, 0.1) is 43.4 Å². The fourth-order valence-corrected chi connectivity index (χ4v) is 4.56. The summed E-state index contributed by atoms with van der Waals surface area (Å²) < 4.78 is 17.4. The number of hydrogen-bond donors (Lipinski definition) is 0. The SMILES string of the molecule is CCc1cc(C(=O)OC)c(=O)n(Cc2ccc(OC)cc2OC)c1-c1ccc(N(C)C)s1. The quantitative estimate of drug-likeness (QED) is 0.476. The van der Waals surface area contributed by atoms with Gasteiger partial charge in [0.25, 0.3) is 5.56 Å². The van der Waals surface area contributed by atoms with E-state index in [2.05, 4.69) is 0 Å². The topological polar surface area (TPSA) is 70.0 Å². The highest BCUT2D eigenvalue weighted by atomic mass is 32.1. The zero-order chi connectivity index (χ0) is 23.4. The first kappa shape index (κ1) is 23.4. The summed E-state index contributed by atoms with van der Waals surface area (Å²) in [5.41, 5.74) is 2.10. The second kappa shape index (κ2) is 9.91. The van der Waals surface area contributed by atoms with E-state index in [4.69, 9.17) is 14.2 Å². The number of pyridine rings is 1. The second-order valence-electron chi connectivity index (χ2n) is 7.38. The number of aromatic nitrogens is 1. The highest BCUT2D eigenvalue weighted by Crippen LogP contribution is 2.35. The van der Waals surface area contributed by atoms with Gasteiger partial charge in [-0.25, -0.2) is 4.79 Å². The largest absolute Gasteiger partial charge is 0.497 e. The summed E-state index contributed by atoms with van der Waals surface area (Å²) in [5.74, 6) is 0.611. The Hall–Kier alpha value is -3.26. The summed E-state index contributed by atoms with van der Waals surface area (Å²) in [6, 6.07) is 11.2. The van der Waals surface area contributed by atoms with Crippen molar-refractivity contribution < 1.29 is 19.0 Å². The van der Waals surface area contributed by atoms with E-state index in [1.165, 1.54) is 7.11 Å². The number of ether oxygens (including phenoxy) is 3. The molecular formula is C24H28N2O5S. The fraction of sp³-hybridized carbons (Fsp3) is 0.333. The maximum atomic E-state index is 13.5. The van der Waals surface area contributed by atoms with E-state index >= 15 is 0 Å². The molecule has 0 saturated heterocycles. The first-order valence-electron chi connectivity index (χ1n) is 10.2. The lowest BCUT2D eigenvalue weighted by molar-refractivity contribution is 0.0598. The molecule has 2 heterocycles. The van der Waals surface area contributed by atoms with E-state index in [1.807, 2.05) is 50.2 Å². The van der Waals surface area contributed by atoms with Crippen molar-refractivity contribution in [3.8, 4) is 22.1 Å². The van der Waals surface area contributed by atoms with Gasteiger partial charge in [0, 0.05) is 25.7 Å². The van der Waals surface area contributed by atoms with Crippen molar-refractivity contribution in [2.24, 2.45) is 0 Å². The monoisotopic (exact) mass is 456 g/mol. The molecular weight excluding hydrogens is 428 g/mol. The molecule has 0 fully saturated rings. The number of anilines is 1. The predicted octanol–water partition coefficient (Wildman–Crippen LogP) is 4.06. The van der Waals surface area contributed by atoms with Crippen molar-refractivity contribution in [1.29, 1.82) is 0 Å². The van der Waals surface area contributed by atoms with Gasteiger partial charge < -0.3 is 23.7 Å². The molecule has 8 heteroatoms. The molecule has 0 unspecified atom stereocenters. The number of aryl methyl sites for hydroxylation is 1. The average Bonchev–Trinajstić information content (AvgIpc) is 3.30. The van der Waals surface area contributed by atoms with Crippen LogP contribution in [0.4, 0.5) is 5.00 Å². The molecule has 0 aliphatic rings. The molecule has 7 nitrogen and oxygen atoms in total. The molecule has 0 saturated carbocycles. The standard InChI is InChI=1S/C24H28N2O5S/c1-7-15-12-18(24(28)31-6)23(27)26(22(15)20-10-11-21(32-20)25(2)3)14-16-8-9-17(29-4)13-19(16)30-5/h8-13H,7,14H2,1-6H3. The van der Waals surface area contributed by atoms with E-state index in [0.29, 0.717) is 17.9 Å². The first-order valence-corrected chi connectivity index (χ1v) is 11.0. The maximum Gasteiger partial charge on any atom is 0.343 e. The van der Waals surface area contributed by atoms with Crippen LogP contribution in [0.25, 0.3) is 10.6 Å². The lowest BCUT2D eigenvalue weighted by Crippen LogP contribution is -2.30. The minimum Gasteiger partial charge on any atom is -0.497 e. The Balaban J connectivity index is 2.28. The molecule has 0 N–H and O–H groups in total. The van der Waals surface area contributed by atoms with Crippen molar-refractivity contribution >= 4 is 22.3 Å². The van der Waals surface area contributed by atoms with Gasteiger partial charge in [0.1, 0.15) is 17.1 Å². The van der Waals surface area contributed by atoms with Crippen LogP contribution in [0, 0.1) is 0 Å². The Morgan fingerprint density at radius 3 is 2.34 bits per heavy atom. The summed E-state index contributed by atoms with van der Waals surface area (Å²) in [6.45, 7) is 2.23. The first-order chi connectivity index (χ1) is 15.3. The Kier molecular flexibility index (Phi) is 7.25. The van der Waals surface area contributed by atoms with Crippen LogP contribution in [0.2, 0.25) is 0 Å². The van der Waals surface area contributed by atoms with Crippen molar-refractivity contribution in [3.05, 3.63) is 63.4 Å². The molecule has 3 rings (SSSR count). The molecule has 2 aromatic heterocycles. The van der Waals surface area contributed by atoms with Gasteiger partial charge in [0.15, 0.2) is 0 Å². The van der Waals surface area contributed by atoms with Gasteiger partial charge in [-0.05, 0) is 42.3 Å². The van der Waals surface area contributed by atoms with Crippen LogP contribution in [0.5, 0.6) is 11.5 Å². The van der Waals surface area contributed by atoms with Gasteiger partial charge in [-0.3, -0.25) is 4.79 Å². The summed E-state index contributed by atoms with van der Waals surface area (Å²) in [4.78, 5) is 28.8. The third-order valence-electron chi connectivity index (χ3n) is 5.24. The Morgan fingerprint density at radius 2 is 1.78 bits per heavy atom. The normalized spacial score (nSPS) is 10.7. The molecule has 3 aromatic rings. The molecule has 170 valence electrons. The van der Waals surface area contributed by atoms with Crippen LogP contribution >= 0.6 is 11.3 Å². The van der Waals surface area contributed by atoms with Crippen molar-refractivity contribution in [2.75, 3.05) is 40.3 Å². The number of esters is 1. The molecule has 1 aromatic carbocycles. The number of thiophene rings is 1. The Labute approximate surface area is 191 Å². The number of rotatable bonds is 8. The van der Waals surface area contributed by atoms with Crippen LogP contribution in [0.1, 0.15) is 28.4 Å². The van der Waals surface area contributed by atoms with Gasteiger partial charge in [0.2, 0.25) is 0 Å². The minimum atomic E-state index is -0.646. The van der Waals surface area contributed by atoms with E-state index in [1.54, 1.807) is 42.3 Å². The van der Waals surface area contributed by atoms with Crippen molar-refractivity contribution in [2.45, 2.75) is 19.9 Å². The van der Waals surface area contributed by atoms with Gasteiger partial charge in [-0.1, -0.05) is 6.92 Å². The number of methoxy groups -OCH3 is 3. The average molecular weight is 457 g/mol. The molecule has 0 spiro atoms. The van der Waals surface area contributed by atoms with E-state index in [0.717, 1.165) is 26.7 Å². The molecule has 32 heavy (non-hydrogen) atoms. The van der Waals surface area contributed by atoms with Crippen LogP contribution < -0.4 is 19.9 Å². The van der Waals surface area contributed by atoms with E-state index in [-0.39, 0.29) is 12.1 Å². The third kappa shape index (κ3) is 4.50. The zero-order valence-corrected chi connectivity index (χ0v) is 20.0. The zero-order valence-electron chi connectivity index (χ0n) is 19.2. The van der Waals surface area contributed by atoms with Gasteiger partial charge >= 0.3 is 5.97 Å². The number of carbonyl (C=O) groups is 1. The van der Waals surface area contributed by atoms with Crippen LogP contribution in [0.15, 0.2) is 41.2 Å². The Bertz CT molecular complexity index is 1180. The number of nitrogens with zero attached hydrogens (tertiary/aromatic N) is 2. The third-order valence-corrected chi connectivity index (χ3v) is 6.50. The summed E-state index contributed by atoms with van der Waals surface area (Å²) in [6.07, 6.45) is 0.647. The van der Waals surface area contributed by atoms with Gasteiger partial charge in [-0.2, -0.15) is 0 Å². The van der Waals surface area contributed by atoms with Crippen LogP contribution in [-0.2, 0) is 17.7 Å². The number of hydrogen-bond acceptors (Lipinski definition) is 7. The Morgan fingerprint density at radius 1 is 1.03 bits per heavy atom.